The first-order valence-electron chi connectivity index (χ1n) is 9.14. The molecule has 3 N–H and O–H groups in total. The number of esters is 1. The second kappa shape index (κ2) is 8.66. The third kappa shape index (κ3) is 4.67. The van der Waals surface area contributed by atoms with E-state index in [9.17, 15) is 22.3 Å². The van der Waals surface area contributed by atoms with Crippen LogP contribution in [0.25, 0.3) is 0 Å². The van der Waals surface area contributed by atoms with Gasteiger partial charge < -0.3 is 9.47 Å². The number of carbonyl (C=O) groups is 1. The Labute approximate surface area is 166 Å². The molecule has 2 aliphatic rings. The predicted molar refractivity (Wildman–Crippen MR) is 103 cm³/mol. The van der Waals surface area contributed by atoms with Crippen LogP contribution >= 0.6 is 10.8 Å². The molecule has 1 atom stereocenters. The topological polar surface area (TPSA) is 125 Å². The molecule has 0 saturated carbocycles. The molecule has 0 bridgehead atoms. The molecule has 28 heavy (non-hydrogen) atoms. The highest BCUT2D eigenvalue weighted by Crippen LogP contribution is 2.53. The van der Waals surface area contributed by atoms with Gasteiger partial charge in [0.1, 0.15) is 0 Å². The Balaban J connectivity index is 1.71. The van der Waals surface area contributed by atoms with E-state index in [4.69, 9.17) is 9.47 Å². The first-order valence-corrected chi connectivity index (χ1v) is 12.1. The van der Waals surface area contributed by atoms with Gasteiger partial charge in [-0.15, -0.1) is 10.8 Å². The van der Waals surface area contributed by atoms with Gasteiger partial charge in [-0.3, -0.25) is 13.9 Å². The Bertz CT molecular complexity index is 794. The molecule has 1 aromatic carbocycles. The van der Waals surface area contributed by atoms with Crippen molar-refractivity contribution < 1.29 is 31.8 Å². The lowest BCUT2D eigenvalue weighted by Crippen LogP contribution is -2.48. The minimum Gasteiger partial charge on any atom is -0.466 e. The molecule has 9 nitrogen and oxygen atoms in total. The van der Waals surface area contributed by atoms with Gasteiger partial charge in [0.25, 0.3) is 0 Å². The van der Waals surface area contributed by atoms with Gasteiger partial charge in [0.15, 0.2) is 0 Å². The van der Waals surface area contributed by atoms with Crippen molar-refractivity contribution >= 4 is 26.8 Å². The van der Waals surface area contributed by atoms with Crippen LogP contribution in [0.5, 0.6) is 0 Å². The minimum atomic E-state index is -3.69. The summed E-state index contributed by atoms with van der Waals surface area (Å²) in [6.07, 6.45) is 1.28. The number of carbonyl (C=O) groups excluding carboxylic acids is 1. The summed E-state index contributed by atoms with van der Waals surface area (Å²) < 4.78 is 60.2. The Morgan fingerprint density at radius 3 is 2.46 bits per heavy atom. The minimum absolute atomic E-state index is 0.0430. The van der Waals surface area contributed by atoms with E-state index < -0.39 is 26.7 Å². The van der Waals surface area contributed by atoms with Gasteiger partial charge >= 0.3 is 5.97 Å². The summed E-state index contributed by atoms with van der Waals surface area (Å²) in [7, 11) is -7.02. The number of nitrogens with one attached hydrogen (secondary N) is 1. The van der Waals surface area contributed by atoms with E-state index >= 15 is 0 Å². The average Bonchev–Trinajstić information content (AvgIpc) is 2.65. The fraction of sp³-hybridized carbons (Fsp3) is 0.588. The van der Waals surface area contributed by atoms with E-state index in [0.29, 0.717) is 32.6 Å². The van der Waals surface area contributed by atoms with E-state index in [-0.39, 0.29) is 35.0 Å². The smallest absolute Gasteiger partial charge is 0.310 e. The standard InChI is InChI=1S/C17H26N2O7S2/c1-2-26-17(20)13-4-3-9-19(10-13)28(23,24)16-7-5-15(6-8-16)27(21,22)18-14-11-25-12-14/h5-8,13-14,18,23-24H,2-4,9-12H2,1H3. The molecule has 158 valence electrons. The maximum atomic E-state index is 12.3. The van der Waals surface area contributed by atoms with Gasteiger partial charge in [-0.1, -0.05) is 0 Å². The summed E-state index contributed by atoms with van der Waals surface area (Å²) in [6.45, 7) is 3.31. The molecule has 2 fully saturated rings. The molecule has 2 saturated heterocycles. The van der Waals surface area contributed by atoms with Gasteiger partial charge in [0, 0.05) is 13.1 Å². The van der Waals surface area contributed by atoms with Crippen LogP contribution in [0.1, 0.15) is 19.8 Å². The van der Waals surface area contributed by atoms with E-state index in [1.54, 1.807) is 6.92 Å². The van der Waals surface area contributed by atoms with Gasteiger partial charge in [0.2, 0.25) is 10.0 Å². The lowest BCUT2D eigenvalue weighted by atomic mass is 10.0. The first-order chi connectivity index (χ1) is 13.2. The van der Waals surface area contributed by atoms with Crippen LogP contribution in [0, 0.1) is 5.92 Å². The number of benzene rings is 1. The lowest BCUT2D eigenvalue weighted by Gasteiger charge is -2.46. The normalized spacial score (nSPS) is 22.5. The van der Waals surface area contributed by atoms with Crippen LogP contribution in [-0.4, -0.2) is 66.7 Å². The number of nitrogens with zero attached hydrogens (tertiary/aromatic N) is 1. The number of rotatable bonds is 7. The molecule has 0 radical (unpaired) electrons. The summed E-state index contributed by atoms with van der Waals surface area (Å²) in [5.74, 6) is -0.747. The summed E-state index contributed by atoms with van der Waals surface area (Å²) >= 11 is 0. The molecule has 0 amide bonds. The molecule has 1 aromatic rings. The maximum Gasteiger partial charge on any atom is 0.310 e. The second-order valence-electron chi connectivity index (χ2n) is 6.83. The van der Waals surface area contributed by atoms with Crippen molar-refractivity contribution in [2.75, 3.05) is 32.9 Å². The first kappa shape index (κ1) is 21.5. The second-order valence-corrected chi connectivity index (χ2v) is 10.6. The molecule has 2 heterocycles. The van der Waals surface area contributed by atoms with Gasteiger partial charge in [0.05, 0.1) is 41.6 Å². The van der Waals surface area contributed by atoms with Crippen LogP contribution in [0.15, 0.2) is 34.1 Å². The Hall–Kier alpha value is -1.21. The van der Waals surface area contributed by atoms with Crippen LogP contribution in [0.3, 0.4) is 0 Å². The zero-order valence-electron chi connectivity index (χ0n) is 15.6. The van der Waals surface area contributed by atoms with Crippen molar-refractivity contribution in [1.82, 2.24) is 9.03 Å². The lowest BCUT2D eigenvalue weighted by molar-refractivity contribution is -0.149. The quantitative estimate of drug-likeness (QED) is 0.553. The molecular weight excluding hydrogens is 408 g/mol. The number of hydrogen-bond acceptors (Lipinski definition) is 8. The van der Waals surface area contributed by atoms with Crippen molar-refractivity contribution in [2.45, 2.75) is 35.6 Å². The highest BCUT2D eigenvalue weighted by molar-refractivity contribution is 8.22. The van der Waals surface area contributed by atoms with Crippen molar-refractivity contribution in [3.8, 4) is 0 Å². The maximum absolute atomic E-state index is 12.3. The van der Waals surface area contributed by atoms with Crippen LogP contribution in [0.2, 0.25) is 0 Å². The Morgan fingerprint density at radius 2 is 1.89 bits per heavy atom. The summed E-state index contributed by atoms with van der Waals surface area (Å²) in [6, 6.07) is 5.25. The van der Waals surface area contributed by atoms with Crippen LogP contribution < -0.4 is 4.72 Å². The van der Waals surface area contributed by atoms with E-state index in [1.807, 2.05) is 0 Å². The average molecular weight is 435 g/mol. The van der Waals surface area contributed by atoms with Crippen molar-refractivity contribution in [1.29, 1.82) is 0 Å². The number of ether oxygens (including phenoxy) is 2. The van der Waals surface area contributed by atoms with E-state index in [1.165, 1.54) is 28.6 Å². The Kier molecular flexibility index (Phi) is 6.65. The number of sulfonamides is 1. The molecule has 0 aromatic heterocycles. The highest BCUT2D eigenvalue weighted by atomic mass is 32.3. The van der Waals surface area contributed by atoms with Gasteiger partial charge in [-0.25, -0.2) is 17.4 Å². The molecular formula is C17H26N2O7S2. The zero-order valence-corrected chi connectivity index (χ0v) is 17.2. The van der Waals surface area contributed by atoms with Crippen LogP contribution in [-0.2, 0) is 24.3 Å². The fourth-order valence-corrected chi connectivity index (χ4v) is 5.94. The third-order valence-corrected chi connectivity index (χ3v) is 8.27. The highest BCUT2D eigenvalue weighted by Gasteiger charge is 2.34. The largest absolute Gasteiger partial charge is 0.466 e. The van der Waals surface area contributed by atoms with E-state index in [2.05, 4.69) is 4.72 Å². The number of hydrogen-bond donors (Lipinski definition) is 3. The summed E-state index contributed by atoms with van der Waals surface area (Å²) in [5.41, 5.74) is 0. The zero-order chi connectivity index (χ0) is 20.4. The molecule has 2 aliphatic heterocycles. The van der Waals surface area contributed by atoms with Crippen LogP contribution in [0.4, 0.5) is 0 Å². The fourth-order valence-electron chi connectivity index (χ4n) is 3.17. The summed E-state index contributed by atoms with van der Waals surface area (Å²) in [4.78, 5) is 12.2. The van der Waals surface area contributed by atoms with Gasteiger partial charge in [-0.05, 0) is 44.0 Å². The Morgan fingerprint density at radius 1 is 1.25 bits per heavy atom. The summed E-state index contributed by atoms with van der Waals surface area (Å²) in [5, 5.41) is 0. The molecule has 0 aliphatic carbocycles. The van der Waals surface area contributed by atoms with E-state index in [0.717, 1.165) is 0 Å². The van der Waals surface area contributed by atoms with Crippen molar-refractivity contribution in [3.63, 3.8) is 0 Å². The predicted octanol–water partition coefficient (Wildman–Crippen LogP) is 1.66. The van der Waals surface area contributed by atoms with Crippen molar-refractivity contribution in [2.24, 2.45) is 5.92 Å². The van der Waals surface area contributed by atoms with Crippen molar-refractivity contribution in [3.05, 3.63) is 24.3 Å². The molecule has 0 spiro atoms. The SMILES string of the molecule is CCOC(=O)C1CCCN(S(O)(O)c2ccc(S(=O)(=O)NC3COC3)cc2)C1. The number of piperidine rings is 1. The molecule has 1 unspecified atom stereocenters. The monoisotopic (exact) mass is 434 g/mol. The molecule has 11 heteroatoms. The van der Waals surface area contributed by atoms with Gasteiger partial charge in [-0.2, -0.15) is 0 Å². The third-order valence-electron chi connectivity index (χ3n) is 4.77. The molecule has 3 rings (SSSR count).